The first-order chi connectivity index (χ1) is 10.2. The summed E-state index contributed by atoms with van der Waals surface area (Å²) in [5.41, 5.74) is 0. The molecule has 0 spiro atoms. The summed E-state index contributed by atoms with van der Waals surface area (Å²) in [6.07, 6.45) is 0. The Morgan fingerprint density at radius 3 is 2.62 bits per heavy atom. The molecule has 1 aliphatic heterocycles. The number of hydrogen-bond acceptors (Lipinski definition) is 5. The molecule has 2 rings (SSSR count). The predicted octanol–water partition coefficient (Wildman–Crippen LogP) is 1.97. The normalized spacial score (nSPS) is 19.2. The topological polar surface area (TPSA) is 59.0 Å². The third kappa shape index (κ3) is 4.82. The first-order valence-electron chi connectivity index (χ1n) is 7.11. The van der Waals surface area contributed by atoms with E-state index in [2.05, 4.69) is 0 Å². The Hall–Kier alpha value is -1.40. The summed E-state index contributed by atoms with van der Waals surface area (Å²) in [6, 6.07) is 7.08. The molecular weight excluding hydrogens is 290 g/mol. The Labute approximate surface area is 129 Å². The van der Waals surface area contributed by atoms with Crippen LogP contribution >= 0.6 is 11.8 Å². The first kappa shape index (κ1) is 16.0. The Bertz CT molecular complexity index is 451. The highest BCUT2D eigenvalue weighted by Gasteiger charge is 2.28. The molecule has 1 saturated heterocycles. The van der Waals surface area contributed by atoms with E-state index in [4.69, 9.17) is 9.47 Å². The monoisotopic (exact) mass is 311 g/mol. The zero-order chi connectivity index (χ0) is 15.1. The summed E-state index contributed by atoms with van der Waals surface area (Å²) in [5.74, 6) is 2.48. The fourth-order valence-electron chi connectivity index (χ4n) is 2.21. The minimum atomic E-state index is -0.747. The van der Waals surface area contributed by atoms with Crippen LogP contribution in [0, 0.1) is 0 Å². The van der Waals surface area contributed by atoms with Crippen LogP contribution in [0.25, 0.3) is 0 Å². The number of carboxylic acids is 1. The van der Waals surface area contributed by atoms with Gasteiger partial charge in [0, 0.05) is 24.6 Å². The number of hydrogen-bond donors (Lipinski definition) is 1. The molecule has 1 unspecified atom stereocenters. The number of ether oxygens (including phenoxy) is 2. The van der Waals surface area contributed by atoms with Gasteiger partial charge in [0.2, 0.25) is 0 Å². The van der Waals surface area contributed by atoms with Crippen molar-refractivity contribution in [3.63, 3.8) is 0 Å². The molecule has 21 heavy (non-hydrogen) atoms. The van der Waals surface area contributed by atoms with Gasteiger partial charge in [-0.15, -0.1) is 0 Å². The van der Waals surface area contributed by atoms with Gasteiger partial charge in [-0.05, 0) is 31.2 Å². The maximum absolute atomic E-state index is 11.2. The number of aliphatic carboxylic acids is 1. The van der Waals surface area contributed by atoms with Gasteiger partial charge in [-0.25, -0.2) is 0 Å². The molecule has 6 heteroatoms. The number of carboxylic acid groups (broad SMARTS) is 1. The van der Waals surface area contributed by atoms with Crippen molar-refractivity contribution in [3.05, 3.63) is 24.3 Å². The van der Waals surface area contributed by atoms with Crippen LogP contribution in [0.1, 0.15) is 6.92 Å². The molecule has 0 aliphatic carbocycles. The van der Waals surface area contributed by atoms with Gasteiger partial charge in [-0.2, -0.15) is 11.8 Å². The van der Waals surface area contributed by atoms with Gasteiger partial charge < -0.3 is 14.6 Å². The third-order valence-corrected chi connectivity index (χ3v) is 4.33. The second-order valence-corrected chi connectivity index (χ2v) is 5.87. The molecule has 5 nitrogen and oxygen atoms in total. The van der Waals surface area contributed by atoms with Crippen molar-refractivity contribution < 1.29 is 19.4 Å². The van der Waals surface area contributed by atoms with Gasteiger partial charge in [0.25, 0.3) is 0 Å². The lowest BCUT2D eigenvalue weighted by molar-refractivity contribution is -0.142. The molecule has 1 fully saturated rings. The van der Waals surface area contributed by atoms with Crippen LogP contribution in [0.15, 0.2) is 24.3 Å². The molecule has 116 valence electrons. The highest BCUT2D eigenvalue weighted by atomic mass is 32.2. The Morgan fingerprint density at radius 2 is 2.00 bits per heavy atom. The van der Waals surface area contributed by atoms with Gasteiger partial charge in [0.15, 0.2) is 0 Å². The molecular formula is C15H21NO4S. The lowest BCUT2D eigenvalue weighted by Crippen LogP contribution is -2.48. The summed E-state index contributed by atoms with van der Waals surface area (Å²) in [7, 11) is 0. The summed E-state index contributed by atoms with van der Waals surface area (Å²) in [6.45, 7) is 4.51. The quantitative estimate of drug-likeness (QED) is 0.831. The van der Waals surface area contributed by atoms with Crippen molar-refractivity contribution in [3.8, 4) is 11.5 Å². The lowest BCUT2D eigenvalue weighted by Gasteiger charge is -2.32. The molecule has 1 aromatic carbocycles. The van der Waals surface area contributed by atoms with Gasteiger partial charge in [0.05, 0.1) is 6.61 Å². The Kier molecular flexibility index (Phi) is 6.20. The van der Waals surface area contributed by atoms with E-state index in [1.54, 1.807) is 11.8 Å². The second kappa shape index (κ2) is 8.14. The lowest BCUT2D eigenvalue weighted by atomic mass is 10.2. The first-order valence-corrected chi connectivity index (χ1v) is 8.26. The van der Waals surface area contributed by atoms with Crippen molar-refractivity contribution >= 4 is 17.7 Å². The molecule has 1 aromatic rings. The molecule has 0 saturated carbocycles. The zero-order valence-electron chi connectivity index (χ0n) is 12.2. The largest absolute Gasteiger partial charge is 0.494 e. The number of carbonyl (C=O) groups is 1. The molecule has 0 bridgehead atoms. The molecule has 1 atom stereocenters. The van der Waals surface area contributed by atoms with Gasteiger partial charge >= 0.3 is 5.97 Å². The van der Waals surface area contributed by atoms with E-state index in [-0.39, 0.29) is 0 Å². The minimum Gasteiger partial charge on any atom is -0.494 e. The summed E-state index contributed by atoms with van der Waals surface area (Å²) in [4.78, 5) is 13.2. The Morgan fingerprint density at radius 1 is 1.33 bits per heavy atom. The van der Waals surface area contributed by atoms with E-state index in [9.17, 15) is 9.90 Å². The molecule has 1 N–H and O–H groups in total. The van der Waals surface area contributed by atoms with Crippen LogP contribution in [0.4, 0.5) is 0 Å². The maximum atomic E-state index is 11.2. The van der Waals surface area contributed by atoms with Crippen molar-refractivity contribution in [1.82, 2.24) is 4.90 Å². The number of benzene rings is 1. The Balaban J connectivity index is 1.78. The van der Waals surface area contributed by atoms with E-state index < -0.39 is 12.0 Å². The van der Waals surface area contributed by atoms with Crippen LogP contribution < -0.4 is 9.47 Å². The second-order valence-electron chi connectivity index (χ2n) is 4.72. The van der Waals surface area contributed by atoms with Crippen molar-refractivity contribution in [2.24, 2.45) is 0 Å². The van der Waals surface area contributed by atoms with Crippen LogP contribution in [0.5, 0.6) is 11.5 Å². The van der Waals surface area contributed by atoms with E-state index in [1.165, 1.54) is 0 Å². The van der Waals surface area contributed by atoms with Crippen LogP contribution in [-0.2, 0) is 4.79 Å². The standard InChI is InChI=1S/C15H21NO4S/c1-2-19-12-3-5-13(6-4-12)20-9-7-16-8-10-21-11-14(16)15(17)18/h3-6,14H,2,7-11H2,1H3,(H,17,18). The minimum absolute atomic E-state index is 0.396. The predicted molar refractivity (Wildman–Crippen MR) is 83.4 cm³/mol. The summed E-state index contributed by atoms with van der Waals surface area (Å²) in [5, 5.41) is 9.20. The fraction of sp³-hybridized carbons (Fsp3) is 0.533. The van der Waals surface area contributed by atoms with Crippen LogP contribution in [-0.4, -0.2) is 59.8 Å². The van der Waals surface area contributed by atoms with E-state index >= 15 is 0 Å². The van der Waals surface area contributed by atoms with Crippen molar-refractivity contribution in [1.29, 1.82) is 0 Å². The van der Waals surface area contributed by atoms with Gasteiger partial charge in [-0.3, -0.25) is 9.69 Å². The average Bonchev–Trinajstić information content (AvgIpc) is 2.50. The summed E-state index contributed by atoms with van der Waals surface area (Å²) < 4.78 is 11.0. The van der Waals surface area contributed by atoms with Gasteiger partial charge in [0.1, 0.15) is 24.1 Å². The van der Waals surface area contributed by atoms with E-state index in [0.717, 1.165) is 23.8 Å². The van der Waals surface area contributed by atoms with E-state index in [0.29, 0.717) is 25.5 Å². The fourth-order valence-corrected chi connectivity index (χ4v) is 3.32. The van der Waals surface area contributed by atoms with Crippen molar-refractivity contribution in [2.75, 3.05) is 37.8 Å². The highest BCUT2D eigenvalue weighted by molar-refractivity contribution is 7.99. The average molecular weight is 311 g/mol. The molecule has 1 aliphatic rings. The summed E-state index contributed by atoms with van der Waals surface area (Å²) >= 11 is 1.69. The van der Waals surface area contributed by atoms with Crippen molar-refractivity contribution in [2.45, 2.75) is 13.0 Å². The van der Waals surface area contributed by atoms with Crippen LogP contribution in [0.2, 0.25) is 0 Å². The highest BCUT2D eigenvalue weighted by Crippen LogP contribution is 2.19. The maximum Gasteiger partial charge on any atom is 0.321 e. The molecule has 1 heterocycles. The number of rotatable bonds is 7. The van der Waals surface area contributed by atoms with E-state index in [1.807, 2.05) is 36.1 Å². The van der Waals surface area contributed by atoms with Crippen LogP contribution in [0.3, 0.4) is 0 Å². The molecule has 0 radical (unpaired) electrons. The molecule has 0 amide bonds. The number of thioether (sulfide) groups is 1. The molecule has 0 aromatic heterocycles. The third-order valence-electron chi connectivity index (χ3n) is 3.31. The van der Waals surface area contributed by atoms with Gasteiger partial charge in [-0.1, -0.05) is 0 Å². The smallest absolute Gasteiger partial charge is 0.321 e. The zero-order valence-corrected chi connectivity index (χ0v) is 13.0. The SMILES string of the molecule is CCOc1ccc(OCCN2CCSCC2C(=O)O)cc1. The number of nitrogens with zero attached hydrogens (tertiary/aromatic N) is 1.